The van der Waals surface area contributed by atoms with E-state index in [9.17, 15) is 9.18 Å². The molecule has 1 fully saturated rings. The molecule has 6 heteroatoms. The second-order valence-electron chi connectivity index (χ2n) is 7.65. The Kier molecular flexibility index (Phi) is 7.69. The van der Waals surface area contributed by atoms with Crippen molar-refractivity contribution in [3.8, 4) is 11.5 Å². The van der Waals surface area contributed by atoms with Crippen molar-refractivity contribution in [3.63, 3.8) is 0 Å². The number of hydrogen-bond acceptors (Lipinski definition) is 5. The summed E-state index contributed by atoms with van der Waals surface area (Å²) in [6.45, 7) is 4.14. The summed E-state index contributed by atoms with van der Waals surface area (Å²) in [5.74, 6) is 0.717. The van der Waals surface area contributed by atoms with Gasteiger partial charge in [0.25, 0.3) is 0 Å². The Morgan fingerprint density at radius 2 is 1.97 bits per heavy atom. The average Bonchev–Trinajstić information content (AvgIpc) is 3.21. The number of methoxy groups -OCH3 is 1. The minimum absolute atomic E-state index is 0.0747. The van der Waals surface area contributed by atoms with Gasteiger partial charge in [-0.25, -0.2) is 9.18 Å². The van der Waals surface area contributed by atoms with E-state index in [0.717, 1.165) is 24.8 Å². The van der Waals surface area contributed by atoms with Crippen molar-refractivity contribution in [2.75, 3.05) is 20.3 Å². The first-order valence-electron chi connectivity index (χ1n) is 10.5. The fraction of sp³-hybridized carbons (Fsp3) is 0.458. The number of benzene rings is 2. The summed E-state index contributed by atoms with van der Waals surface area (Å²) in [5.41, 5.74) is 2.29. The van der Waals surface area contributed by atoms with Gasteiger partial charge in [0.05, 0.1) is 13.7 Å². The van der Waals surface area contributed by atoms with Gasteiger partial charge >= 0.3 is 5.97 Å². The highest BCUT2D eigenvalue weighted by molar-refractivity contribution is 5.71. The molecule has 3 rings (SSSR count). The molecule has 3 atom stereocenters. The van der Waals surface area contributed by atoms with Gasteiger partial charge in [-0.1, -0.05) is 18.2 Å². The molecule has 0 heterocycles. The van der Waals surface area contributed by atoms with Crippen molar-refractivity contribution >= 4 is 5.97 Å². The summed E-state index contributed by atoms with van der Waals surface area (Å²) in [7, 11) is 1.48. The SMILES string of the molecule is CCOC(=O)COc1ccc([C@@H]2CC[C@H](N[C@H](C)c3ccc(F)c(OC)c3)C2)cc1. The Labute approximate surface area is 177 Å². The van der Waals surface area contributed by atoms with Crippen LogP contribution in [0.1, 0.15) is 56.2 Å². The lowest BCUT2D eigenvalue weighted by Crippen LogP contribution is -2.29. The van der Waals surface area contributed by atoms with Crippen LogP contribution < -0.4 is 14.8 Å². The lowest BCUT2D eigenvalue weighted by Gasteiger charge is -2.21. The first-order chi connectivity index (χ1) is 14.5. The maximum atomic E-state index is 13.7. The highest BCUT2D eigenvalue weighted by Crippen LogP contribution is 2.36. The molecule has 1 N–H and O–H groups in total. The van der Waals surface area contributed by atoms with E-state index in [1.807, 2.05) is 12.1 Å². The van der Waals surface area contributed by atoms with Gasteiger partial charge in [-0.15, -0.1) is 0 Å². The van der Waals surface area contributed by atoms with Crippen LogP contribution in [-0.4, -0.2) is 32.3 Å². The van der Waals surface area contributed by atoms with Crippen LogP contribution in [0.5, 0.6) is 11.5 Å². The number of rotatable bonds is 9. The quantitative estimate of drug-likeness (QED) is 0.598. The molecule has 5 nitrogen and oxygen atoms in total. The number of halogens is 1. The van der Waals surface area contributed by atoms with E-state index in [1.165, 1.54) is 18.7 Å². The zero-order valence-electron chi connectivity index (χ0n) is 17.8. The second-order valence-corrected chi connectivity index (χ2v) is 7.65. The van der Waals surface area contributed by atoms with Gasteiger partial charge < -0.3 is 19.5 Å². The van der Waals surface area contributed by atoms with E-state index in [0.29, 0.717) is 24.3 Å². The van der Waals surface area contributed by atoms with Crippen molar-refractivity contribution in [2.24, 2.45) is 0 Å². The van der Waals surface area contributed by atoms with Gasteiger partial charge in [0.15, 0.2) is 18.2 Å². The third-order valence-corrected chi connectivity index (χ3v) is 5.61. The third-order valence-electron chi connectivity index (χ3n) is 5.61. The largest absolute Gasteiger partial charge is 0.494 e. The van der Waals surface area contributed by atoms with Crippen LogP contribution in [0.25, 0.3) is 0 Å². The first-order valence-corrected chi connectivity index (χ1v) is 10.5. The Balaban J connectivity index is 1.52. The summed E-state index contributed by atoms with van der Waals surface area (Å²) in [6, 6.07) is 13.5. The van der Waals surface area contributed by atoms with E-state index >= 15 is 0 Å². The predicted molar refractivity (Wildman–Crippen MR) is 113 cm³/mol. The minimum atomic E-state index is -0.362. The van der Waals surface area contributed by atoms with Gasteiger partial charge in [-0.05, 0) is 74.4 Å². The molecule has 1 aliphatic rings. The molecule has 0 unspecified atom stereocenters. The molecule has 0 amide bonds. The maximum absolute atomic E-state index is 13.7. The molecule has 162 valence electrons. The fourth-order valence-electron chi connectivity index (χ4n) is 4.01. The Bertz CT molecular complexity index is 840. The molecule has 2 aromatic rings. The normalized spacial score (nSPS) is 19.3. The molecule has 0 saturated heterocycles. The molecule has 1 saturated carbocycles. The third kappa shape index (κ3) is 5.72. The smallest absolute Gasteiger partial charge is 0.344 e. The fourth-order valence-corrected chi connectivity index (χ4v) is 4.01. The molecule has 2 aromatic carbocycles. The highest BCUT2D eigenvalue weighted by atomic mass is 19.1. The minimum Gasteiger partial charge on any atom is -0.494 e. The van der Waals surface area contributed by atoms with Crippen molar-refractivity contribution in [3.05, 3.63) is 59.4 Å². The number of carbonyl (C=O) groups excluding carboxylic acids is 1. The zero-order valence-corrected chi connectivity index (χ0v) is 17.8. The standard InChI is InChI=1S/C24H30FNO4/c1-4-29-24(27)15-30-21-10-6-17(7-11-21)19-5-9-20(13-19)26-16(2)18-8-12-22(25)23(14-18)28-3/h6-8,10-12,14,16,19-20,26H,4-5,9,13,15H2,1-3H3/t16-,19-,20+/m1/s1. The van der Waals surface area contributed by atoms with Crippen LogP contribution in [-0.2, 0) is 9.53 Å². The summed E-state index contributed by atoms with van der Waals surface area (Å²) < 4.78 is 29.1. The maximum Gasteiger partial charge on any atom is 0.344 e. The zero-order chi connectivity index (χ0) is 21.5. The van der Waals surface area contributed by atoms with Crippen LogP contribution in [0.3, 0.4) is 0 Å². The van der Waals surface area contributed by atoms with Gasteiger partial charge in [0, 0.05) is 12.1 Å². The van der Waals surface area contributed by atoms with Crippen molar-refractivity contribution in [2.45, 2.75) is 51.1 Å². The topological polar surface area (TPSA) is 56.8 Å². The van der Waals surface area contributed by atoms with E-state index < -0.39 is 0 Å². The van der Waals surface area contributed by atoms with Crippen molar-refractivity contribution in [1.29, 1.82) is 0 Å². The van der Waals surface area contributed by atoms with E-state index in [4.69, 9.17) is 14.2 Å². The highest BCUT2D eigenvalue weighted by Gasteiger charge is 2.27. The van der Waals surface area contributed by atoms with Crippen molar-refractivity contribution < 1.29 is 23.4 Å². The van der Waals surface area contributed by atoms with Crippen molar-refractivity contribution in [1.82, 2.24) is 5.32 Å². The predicted octanol–water partition coefficient (Wildman–Crippen LogP) is 4.76. The second kappa shape index (κ2) is 10.4. The number of hydrogen-bond donors (Lipinski definition) is 1. The number of nitrogens with one attached hydrogen (secondary N) is 1. The van der Waals surface area contributed by atoms with Gasteiger partial charge in [0.1, 0.15) is 5.75 Å². The lowest BCUT2D eigenvalue weighted by molar-refractivity contribution is -0.145. The molecule has 0 radical (unpaired) electrons. The number of esters is 1. The summed E-state index contributed by atoms with van der Waals surface area (Å²) in [5, 5.41) is 3.67. The molecule has 0 spiro atoms. The lowest BCUT2D eigenvalue weighted by atomic mass is 9.97. The monoisotopic (exact) mass is 415 g/mol. The summed E-state index contributed by atoms with van der Waals surface area (Å²) in [6.07, 6.45) is 3.25. The van der Waals surface area contributed by atoms with Crippen LogP contribution in [0.2, 0.25) is 0 Å². The average molecular weight is 416 g/mol. The number of carbonyl (C=O) groups is 1. The number of ether oxygens (including phenoxy) is 3. The molecule has 0 aromatic heterocycles. The summed E-state index contributed by atoms with van der Waals surface area (Å²) in [4.78, 5) is 11.4. The van der Waals surface area contributed by atoms with E-state index in [1.54, 1.807) is 19.1 Å². The Morgan fingerprint density at radius 3 is 2.67 bits per heavy atom. The van der Waals surface area contributed by atoms with Crippen LogP contribution in [0.15, 0.2) is 42.5 Å². The van der Waals surface area contributed by atoms with Gasteiger partial charge in [0.2, 0.25) is 0 Å². The molecule has 1 aliphatic carbocycles. The Morgan fingerprint density at radius 1 is 1.20 bits per heavy atom. The molecular formula is C24H30FNO4. The van der Waals surface area contributed by atoms with Crippen LogP contribution >= 0.6 is 0 Å². The Hall–Kier alpha value is -2.60. The molecule has 0 bridgehead atoms. The van der Waals surface area contributed by atoms with Gasteiger partial charge in [-0.2, -0.15) is 0 Å². The van der Waals surface area contributed by atoms with E-state index in [-0.39, 0.29) is 30.2 Å². The van der Waals surface area contributed by atoms with Crippen LogP contribution in [0, 0.1) is 5.82 Å². The van der Waals surface area contributed by atoms with Gasteiger partial charge in [-0.3, -0.25) is 0 Å². The molecule has 0 aliphatic heterocycles. The van der Waals surface area contributed by atoms with E-state index in [2.05, 4.69) is 24.4 Å². The summed E-state index contributed by atoms with van der Waals surface area (Å²) >= 11 is 0. The van der Waals surface area contributed by atoms with Crippen LogP contribution in [0.4, 0.5) is 4.39 Å². The molecular weight excluding hydrogens is 385 g/mol. The first kappa shape index (κ1) is 22.1. The molecule has 30 heavy (non-hydrogen) atoms.